The van der Waals surface area contributed by atoms with Crippen molar-refractivity contribution in [3.63, 3.8) is 0 Å². The van der Waals surface area contributed by atoms with E-state index in [4.69, 9.17) is 37.4 Å². The highest BCUT2D eigenvalue weighted by molar-refractivity contribution is 6.36. The van der Waals surface area contributed by atoms with Gasteiger partial charge in [0.1, 0.15) is 11.5 Å². The minimum Gasteiger partial charge on any atom is -0.497 e. The predicted octanol–water partition coefficient (Wildman–Crippen LogP) is 3.95. The number of ether oxygens (including phenoxy) is 3. The van der Waals surface area contributed by atoms with E-state index in [2.05, 4.69) is 5.32 Å². The summed E-state index contributed by atoms with van der Waals surface area (Å²) in [5.41, 5.74) is 0.374. The average Bonchev–Trinajstić information content (AvgIpc) is 2.62. The summed E-state index contributed by atoms with van der Waals surface area (Å²) in [6, 6.07) is 11.4. The largest absolute Gasteiger partial charge is 0.497 e. The molecule has 8 heteroatoms. The number of anilines is 1. The van der Waals surface area contributed by atoms with E-state index < -0.39 is 18.0 Å². The molecule has 0 spiro atoms. The lowest BCUT2D eigenvalue weighted by Gasteiger charge is -2.14. The van der Waals surface area contributed by atoms with Crippen molar-refractivity contribution in [3.05, 3.63) is 52.5 Å². The van der Waals surface area contributed by atoms with Crippen molar-refractivity contribution in [3.8, 4) is 11.5 Å². The molecule has 0 saturated heterocycles. The molecule has 1 N–H and O–H groups in total. The van der Waals surface area contributed by atoms with Crippen LogP contribution in [0.25, 0.3) is 0 Å². The van der Waals surface area contributed by atoms with Gasteiger partial charge in [0.2, 0.25) is 0 Å². The number of esters is 1. The number of nitrogens with one attached hydrogen (secondary N) is 1. The highest BCUT2D eigenvalue weighted by atomic mass is 35.5. The number of methoxy groups -OCH3 is 1. The monoisotopic (exact) mass is 397 g/mol. The molecule has 0 bridgehead atoms. The van der Waals surface area contributed by atoms with E-state index in [1.807, 2.05) is 0 Å². The number of hydrogen-bond donors (Lipinski definition) is 1. The highest BCUT2D eigenvalue weighted by Crippen LogP contribution is 2.25. The van der Waals surface area contributed by atoms with Gasteiger partial charge in [-0.3, -0.25) is 4.79 Å². The van der Waals surface area contributed by atoms with E-state index in [1.165, 1.54) is 13.0 Å². The first-order valence-corrected chi connectivity index (χ1v) is 8.37. The first kappa shape index (κ1) is 19.9. The minimum absolute atomic E-state index is 0.284. The summed E-state index contributed by atoms with van der Waals surface area (Å²) in [5, 5.41) is 3.30. The Morgan fingerprint density at radius 3 is 2.35 bits per heavy atom. The molecule has 0 aliphatic heterocycles. The third-order valence-electron chi connectivity index (χ3n) is 3.28. The zero-order valence-electron chi connectivity index (χ0n) is 14.1. The van der Waals surface area contributed by atoms with Crippen LogP contribution in [0.4, 0.5) is 5.69 Å². The van der Waals surface area contributed by atoms with Crippen molar-refractivity contribution in [2.45, 2.75) is 13.0 Å². The zero-order valence-corrected chi connectivity index (χ0v) is 15.6. The second kappa shape index (κ2) is 9.31. The summed E-state index contributed by atoms with van der Waals surface area (Å²) in [7, 11) is 1.55. The summed E-state index contributed by atoms with van der Waals surface area (Å²) in [6.45, 7) is 1.12. The molecule has 1 amide bonds. The Kier molecular flexibility index (Phi) is 7.12. The number of hydrogen-bond acceptors (Lipinski definition) is 5. The number of amides is 1. The van der Waals surface area contributed by atoms with Crippen LogP contribution < -0.4 is 14.8 Å². The van der Waals surface area contributed by atoms with Crippen molar-refractivity contribution in [1.82, 2.24) is 0 Å². The first-order chi connectivity index (χ1) is 12.4. The Labute approximate surface area is 160 Å². The fourth-order valence-electron chi connectivity index (χ4n) is 1.92. The molecule has 0 radical (unpaired) electrons. The third kappa shape index (κ3) is 5.82. The van der Waals surface area contributed by atoms with Gasteiger partial charge in [0.15, 0.2) is 12.7 Å². The molecular weight excluding hydrogens is 381 g/mol. The molecule has 1 unspecified atom stereocenters. The standard InChI is InChI=1S/C18H17Cl2NO5/c1-11(18(23)21-16-8-3-12(19)9-15(16)20)26-17(22)10-25-14-6-4-13(24-2)5-7-14/h3-9,11H,10H2,1-2H3,(H,21,23). The lowest BCUT2D eigenvalue weighted by Crippen LogP contribution is -2.31. The van der Waals surface area contributed by atoms with Crippen LogP contribution in [0.5, 0.6) is 11.5 Å². The Morgan fingerprint density at radius 2 is 1.73 bits per heavy atom. The highest BCUT2D eigenvalue weighted by Gasteiger charge is 2.19. The summed E-state index contributed by atoms with van der Waals surface area (Å²) in [6.07, 6.45) is -1.02. The van der Waals surface area contributed by atoms with Crippen LogP contribution in [0.2, 0.25) is 10.0 Å². The van der Waals surface area contributed by atoms with Crippen LogP contribution in [-0.2, 0) is 14.3 Å². The van der Waals surface area contributed by atoms with Crippen LogP contribution >= 0.6 is 23.2 Å². The van der Waals surface area contributed by atoms with Gasteiger partial charge in [-0.1, -0.05) is 23.2 Å². The summed E-state index contributed by atoms with van der Waals surface area (Å²) in [5.74, 6) is -0.0448. The van der Waals surface area contributed by atoms with Gasteiger partial charge in [0.05, 0.1) is 17.8 Å². The van der Waals surface area contributed by atoms with E-state index in [0.717, 1.165) is 0 Å². The number of rotatable bonds is 7. The Morgan fingerprint density at radius 1 is 1.08 bits per heavy atom. The molecule has 0 aliphatic carbocycles. The fourth-order valence-corrected chi connectivity index (χ4v) is 2.38. The molecule has 2 aromatic rings. The van der Waals surface area contributed by atoms with Gasteiger partial charge in [-0.25, -0.2) is 4.79 Å². The van der Waals surface area contributed by atoms with Crippen LogP contribution in [0.3, 0.4) is 0 Å². The smallest absolute Gasteiger partial charge is 0.344 e. The average molecular weight is 398 g/mol. The maximum Gasteiger partial charge on any atom is 0.344 e. The Balaban J connectivity index is 1.82. The molecule has 0 aromatic heterocycles. The van der Waals surface area contributed by atoms with Crippen molar-refractivity contribution in [2.75, 3.05) is 19.0 Å². The predicted molar refractivity (Wildman–Crippen MR) is 99.1 cm³/mol. The summed E-state index contributed by atoms with van der Waals surface area (Å²) < 4.78 is 15.4. The second-order valence-corrected chi connectivity index (χ2v) is 6.05. The van der Waals surface area contributed by atoms with Gasteiger partial charge < -0.3 is 19.5 Å². The van der Waals surface area contributed by atoms with Crippen molar-refractivity contribution in [1.29, 1.82) is 0 Å². The van der Waals surface area contributed by atoms with Crippen molar-refractivity contribution < 1.29 is 23.8 Å². The molecule has 2 rings (SSSR count). The van der Waals surface area contributed by atoms with Gasteiger partial charge in [0.25, 0.3) is 5.91 Å². The lowest BCUT2D eigenvalue weighted by atomic mass is 10.3. The Hall–Kier alpha value is -2.44. The van der Waals surface area contributed by atoms with Gasteiger partial charge in [0, 0.05) is 5.02 Å². The molecule has 0 heterocycles. The van der Waals surface area contributed by atoms with Crippen molar-refractivity contribution >= 4 is 40.8 Å². The second-order valence-electron chi connectivity index (χ2n) is 5.21. The van der Waals surface area contributed by atoms with Gasteiger partial charge in [-0.2, -0.15) is 0 Å². The van der Waals surface area contributed by atoms with E-state index in [0.29, 0.717) is 22.2 Å². The fraction of sp³-hybridized carbons (Fsp3) is 0.222. The molecule has 2 aromatic carbocycles. The molecule has 0 fully saturated rings. The van der Waals surface area contributed by atoms with Gasteiger partial charge >= 0.3 is 5.97 Å². The van der Waals surface area contributed by atoms with Crippen LogP contribution in [0, 0.1) is 0 Å². The molecule has 138 valence electrons. The van der Waals surface area contributed by atoms with Gasteiger partial charge in [-0.15, -0.1) is 0 Å². The molecule has 26 heavy (non-hydrogen) atoms. The Bertz CT molecular complexity index is 780. The van der Waals surface area contributed by atoms with Crippen LogP contribution in [-0.4, -0.2) is 31.7 Å². The molecule has 6 nitrogen and oxygen atoms in total. The van der Waals surface area contributed by atoms with Gasteiger partial charge in [-0.05, 0) is 49.4 Å². The quantitative estimate of drug-likeness (QED) is 0.715. The summed E-state index contributed by atoms with van der Waals surface area (Å²) >= 11 is 11.8. The van der Waals surface area contributed by atoms with E-state index in [1.54, 1.807) is 43.5 Å². The topological polar surface area (TPSA) is 73.9 Å². The van der Waals surface area contributed by atoms with Crippen LogP contribution in [0.1, 0.15) is 6.92 Å². The molecule has 1 atom stereocenters. The maximum atomic E-state index is 12.1. The van der Waals surface area contributed by atoms with E-state index >= 15 is 0 Å². The first-order valence-electron chi connectivity index (χ1n) is 7.61. The van der Waals surface area contributed by atoms with Crippen molar-refractivity contribution in [2.24, 2.45) is 0 Å². The minimum atomic E-state index is -1.02. The number of benzene rings is 2. The number of carbonyl (C=O) groups is 2. The third-order valence-corrected chi connectivity index (χ3v) is 3.83. The summed E-state index contributed by atoms with van der Waals surface area (Å²) in [4.78, 5) is 23.9. The SMILES string of the molecule is COc1ccc(OCC(=O)OC(C)C(=O)Nc2ccc(Cl)cc2Cl)cc1. The zero-order chi connectivity index (χ0) is 19.1. The number of halogens is 2. The van der Waals surface area contributed by atoms with Crippen LogP contribution in [0.15, 0.2) is 42.5 Å². The molecular formula is C18H17Cl2NO5. The van der Waals surface area contributed by atoms with E-state index in [-0.39, 0.29) is 11.6 Å². The lowest BCUT2D eigenvalue weighted by molar-refractivity contribution is -0.155. The molecule has 0 saturated carbocycles. The van der Waals surface area contributed by atoms with E-state index in [9.17, 15) is 9.59 Å². The number of carbonyl (C=O) groups excluding carboxylic acids is 2. The normalized spacial score (nSPS) is 11.4. The maximum absolute atomic E-state index is 12.1. The molecule has 0 aliphatic rings.